The van der Waals surface area contributed by atoms with Crippen LogP contribution >= 0.6 is 11.6 Å². The highest BCUT2D eigenvalue weighted by molar-refractivity contribution is 6.32. The molecule has 3 rings (SSSR count). The van der Waals surface area contributed by atoms with Gasteiger partial charge in [0.1, 0.15) is 11.8 Å². The summed E-state index contributed by atoms with van der Waals surface area (Å²) in [5.41, 5.74) is 6.44. The number of hydrogen-bond donors (Lipinski definition) is 2. The number of amides is 2. The first-order valence-corrected chi connectivity index (χ1v) is 6.89. The molecule has 2 unspecified atom stereocenters. The largest absolute Gasteiger partial charge is 0.321 e. The van der Waals surface area contributed by atoms with Crippen molar-refractivity contribution in [2.75, 3.05) is 0 Å². The highest BCUT2D eigenvalue weighted by Gasteiger charge is 2.39. The minimum absolute atomic E-state index is 0.283. The Morgan fingerprint density at radius 3 is 2.60 bits per heavy atom. The average Bonchev–Trinajstić information content (AvgIpc) is 3.23. The summed E-state index contributed by atoms with van der Waals surface area (Å²) >= 11 is 6.04. The van der Waals surface area contributed by atoms with Crippen LogP contribution in [0.4, 0.5) is 0 Å². The summed E-state index contributed by atoms with van der Waals surface area (Å²) in [6.07, 6.45) is 2.02. The van der Waals surface area contributed by atoms with Gasteiger partial charge in [-0.05, 0) is 30.4 Å². The van der Waals surface area contributed by atoms with Gasteiger partial charge in [-0.2, -0.15) is 4.99 Å². The Bertz CT molecular complexity index is 610. The molecule has 1 saturated carbocycles. The smallest absolute Gasteiger partial charge is 0.264 e. The van der Waals surface area contributed by atoms with Crippen LogP contribution in [0.1, 0.15) is 24.3 Å². The van der Waals surface area contributed by atoms with E-state index >= 15 is 0 Å². The molecule has 2 atom stereocenters. The quantitative estimate of drug-likeness (QED) is 0.821. The molecule has 1 aliphatic carbocycles. The van der Waals surface area contributed by atoms with E-state index in [-0.39, 0.29) is 11.9 Å². The number of nitrogens with zero attached hydrogens (tertiary/aromatic N) is 1. The number of halogens is 1. The second-order valence-electron chi connectivity index (χ2n) is 5.14. The zero-order chi connectivity index (χ0) is 14.3. The van der Waals surface area contributed by atoms with E-state index in [0.717, 1.165) is 12.8 Å². The summed E-state index contributed by atoms with van der Waals surface area (Å²) in [6.45, 7) is 0. The van der Waals surface area contributed by atoms with E-state index in [4.69, 9.17) is 17.3 Å². The number of nitrogens with one attached hydrogen (secondary N) is 1. The van der Waals surface area contributed by atoms with Crippen molar-refractivity contribution in [1.29, 1.82) is 0 Å². The lowest BCUT2D eigenvalue weighted by Gasteiger charge is -2.24. The average molecular weight is 292 g/mol. The van der Waals surface area contributed by atoms with Crippen molar-refractivity contribution in [1.82, 2.24) is 5.32 Å². The Hall–Kier alpha value is -1.72. The number of benzene rings is 1. The van der Waals surface area contributed by atoms with Crippen molar-refractivity contribution in [2.45, 2.75) is 24.8 Å². The molecule has 0 aromatic heterocycles. The van der Waals surface area contributed by atoms with Crippen molar-refractivity contribution >= 4 is 29.3 Å². The van der Waals surface area contributed by atoms with Gasteiger partial charge in [0.15, 0.2) is 0 Å². The Morgan fingerprint density at radius 1 is 1.30 bits per heavy atom. The molecule has 20 heavy (non-hydrogen) atoms. The van der Waals surface area contributed by atoms with Crippen molar-refractivity contribution in [3.8, 4) is 0 Å². The van der Waals surface area contributed by atoms with E-state index in [2.05, 4.69) is 10.3 Å². The van der Waals surface area contributed by atoms with E-state index in [1.165, 1.54) is 0 Å². The molecule has 0 bridgehead atoms. The van der Waals surface area contributed by atoms with Crippen LogP contribution in [0.5, 0.6) is 0 Å². The Kier molecular flexibility index (Phi) is 3.31. The van der Waals surface area contributed by atoms with Gasteiger partial charge in [0, 0.05) is 5.02 Å². The van der Waals surface area contributed by atoms with Crippen LogP contribution in [0.2, 0.25) is 5.02 Å². The second kappa shape index (κ2) is 5.00. The van der Waals surface area contributed by atoms with Gasteiger partial charge in [-0.1, -0.05) is 29.8 Å². The van der Waals surface area contributed by atoms with Crippen LogP contribution in [0, 0.1) is 5.92 Å². The summed E-state index contributed by atoms with van der Waals surface area (Å²) in [5, 5.41) is 3.03. The van der Waals surface area contributed by atoms with Crippen LogP contribution < -0.4 is 11.1 Å². The fourth-order valence-electron chi connectivity index (χ4n) is 2.34. The number of rotatable bonds is 3. The molecule has 3 N–H and O–H groups in total. The van der Waals surface area contributed by atoms with Gasteiger partial charge in [-0.25, -0.2) is 0 Å². The standard InChI is InChI=1S/C14H14ClN3O2/c15-9-4-2-1-3-8(9)10-13(19)17-12(18-14(10)20)11(16)7-5-6-7/h1-4,7,10-11H,5-6,16H2,(H,17,18,19,20). The molecule has 0 spiro atoms. The zero-order valence-electron chi connectivity index (χ0n) is 10.7. The molecule has 5 nitrogen and oxygen atoms in total. The number of nitrogens with two attached hydrogens (primary N) is 1. The number of carbonyl (C=O) groups excluding carboxylic acids is 2. The predicted molar refractivity (Wildman–Crippen MR) is 75.5 cm³/mol. The van der Waals surface area contributed by atoms with E-state index in [9.17, 15) is 9.59 Å². The molecule has 1 fully saturated rings. The molecular formula is C14H14ClN3O2. The van der Waals surface area contributed by atoms with E-state index in [0.29, 0.717) is 16.5 Å². The zero-order valence-corrected chi connectivity index (χ0v) is 11.4. The lowest BCUT2D eigenvalue weighted by atomic mass is 9.95. The van der Waals surface area contributed by atoms with Gasteiger partial charge in [-0.3, -0.25) is 9.59 Å². The molecule has 2 amide bonds. The predicted octanol–water partition coefficient (Wildman–Crippen LogP) is 1.22. The summed E-state index contributed by atoms with van der Waals surface area (Å²) in [4.78, 5) is 28.3. The number of carbonyl (C=O) groups is 2. The van der Waals surface area contributed by atoms with Gasteiger partial charge >= 0.3 is 0 Å². The van der Waals surface area contributed by atoms with Crippen LogP contribution in [-0.2, 0) is 9.59 Å². The SMILES string of the molecule is NC(C1=NC(=O)C(c2ccccc2Cl)C(=O)N1)C1CC1. The lowest BCUT2D eigenvalue weighted by molar-refractivity contribution is -0.129. The fourth-order valence-corrected chi connectivity index (χ4v) is 2.59. The first-order valence-electron chi connectivity index (χ1n) is 6.51. The number of aliphatic imine (C=N–C) groups is 1. The van der Waals surface area contributed by atoms with E-state index in [1.807, 2.05) is 0 Å². The maximum Gasteiger partial charge on any atom is 0.264 e. The molecule has 6 heteroatoms. The summed E-state index contributed by atoms with van der Waals surface area (Å²) in [7, 11) is 0. The maximum atomic E-state index is 12.2. The van der Waals surface area contributed by atoms with Crippen molar-refractivity contribution < 1.29 is 9.59 Å². The van der Waals surface area contributed by atoms with E-state index < -0.39 is 17.7 Å². The van der Waals surface area contributed by atoms with Crippen LogP contribution in [0.3, 0.4) is 0 Å². The van der Waals surface area contributed by atoms with Crippen LogP contribution in [-0.4, -0.2) is 23.7 Å². The molecule has 1 aromatic rings. The third-order valence-corrected chi connectivity index (χ3v) is 4.00. The molecule has 1 aromatic carbocycles. The fraction of sp³-hybridized carbons (Fsp3) is 0.357. The van der Waals surface area contributed by atoms with Crippen molar-refractivity contribution in [3.63, 3.8) is 0 Å². The molecule has 0 saturated heterocycles. The van der Waals surface area contributed by atoms with Crippen LogP contribution in [0.15, 0.2) is 29.3 Å². The van der Waals surface area contributed by atoms with Crippen LogP contribution in [0.25, 0.3) is 0 Å². The molecule has 1 aliphatic heterocycles. The minimum atomic E-state index is -0.987. The second-order valence-corrected chi connectivity index (χ2v) is 5.55. The summed E-state index contributed by atoms with van der Waals surface area (Å²) in [6, 6.07) is 6.42. The Balaban J connectivity index is 1.90. The third-order valence-electron chi connectivity index (χ3n) is 3.65. The first kappa shape index (κ1) is 13.3. The highest BCUT2D eigenvalue weighted by atomic mass is 35.5. The maximum absolute atomic E-state index is 12.2. The summed E-state index contributed by atoms with van der Waals surface area (Å²) in [5.74, 6) is -1.31. The molecule has 104 valence electrons. The van der Waals surface area contributed by atoms with Gasteiger partial charge < -0.3 is 11.1 Å². The topological polar surface area (TPSA) is 84.5 Å². The van der Waals surface area contributed by atoms with Gasteiger partial charge in [-0.15, -0.1) is 0 Å². The highest BCUT2D eigenvalue weighted by Crippen LogP contribution is 2.33. The number of hydrogen-bond acceptors (Lipinski definition) is 3. The minimum Gasteiger partial charge on any atom is -0.321 e. The lowest BCUT2D eigenvalue weighted by Crippen LogP contribution is -2.51. The van der Waals surface area contributed by atoms with Gasteiger partial charge in [0.25, 0.3) is 5.91 Å². The Labute approximate surface area is 121 Å². The summed E-state index contributed by atoms with van der Waals surface area (Å²) < 4.78 is 0. The van der Waals surface area contributed by atoms with Gasteiger partial charge in [0.2, 0.25) is 5.91 Å². The van der Waals surface area contributed by atoms with Gasteiger partial charge in [0.05, 0.1) is 6.04 Å². The first-order chi connectivity index (χ1) is 9.58. The molecule has 0 radical (unpaired) electrons. The molecule has 1 heterocycles. The number of amidine groups is 1. The third kappa shape index (κ3) is 2.34. The normalized spacial score (nSPS) is 24.1. The van der Waals surface area contributed by atoms with Crippen molar-refractivity contribution in [3.05, 3.63) is 34.9 Å². The van der Waals surface area contributed by atoms with E-state index in [1.54, 1.807) is 24.3 Å². The monoisotopic (exact) mass is 291 g/mol. The molecule has 2 aliphatic rings. The Morgan fingerprint density at radius 2 is 2.00 bits per heavy atom. The van der Waals surface area contributed by atoms with Crippen molar-refractivity contribution in [2.24, 2.45) is 16.6 Å². The molecular weight excluding hydrogens is 278 g/mol.